The maximum absolute atomic E-state index is 13.5. The summed E-state index contributed by atoms with van der Waals surface area (Å²) in [5, 5.41) is 7.97. The highest BCUT2D eigenvalue weighted by atomic mass is 32.2. The van der Waals surface area contributed by atoms with Gasteiger partial charge in [0.15, 0.2) is 5.17 Å². The molecule has 0 N–H and O–H groups in total. The molecule has 0 saturated heterocycles. The van der Waals surface area contributed by atoms with Gasteiger partial charge in [-0.25, -0.2) is 4.99 Å². The Balaban J connectivity index is 1.49. The molecule has 34 heavy (non-hydrogen) atoms. The molecule has 1 amide bonds. The number of ether oxygens (including phenoxy) is 1. The molecule has 1 aliphatic heterocycles. The third-order valence-electron chi connectivity index (χ3n) is 6.29. The molecule has 166 valence electrons. The van der Waals surface area contributed by atoms with Gasteiger partial charge in [-0.05, 0) is 74.0 Å². The van der Waals surface area contributed by atoms with E-state index in [9.17, 15) is 4.79 Å². The van der Waals surface area contributed by atoms with Crippen molar-refractivity contribution in [3.05, 3.63) is 90.1 Å². The molecule has 5 aromatic carbocycles. The Morgan fingerprint density at radius 3 is 2.26 bits per heavy atom. The van der Waals surface area contributed by atoms with E-state index in [-0.39, 0.29) is 5.91 Å². The average Bonchev–Trinajstić information content (AvgIpc) is 3.18. The maximum Gasteiger partial charge on any atom is 0.283 e. The zero-order chi connectivity index (χ0) is 23.2. The summed E-state index contributed by atoms with van der Waals surface area (Å²) >= 11 is 1.56. The maximum atomic E-state index is 13.5. The number of amidine groups is 1. The molecule has 0 fully saturated rings. The normalized spacial score (nSPS) is 15.2. The van der Waals surface area contributed by atoms with Gasteiger partial charge in [-0.3, -0.25) is 9.69 Å². The Bertz CT molecular complexity index is 1600. The van der Waals surface area contributed by atoms with Crippen molar-refractivity contribution in [2.75, 3.05) is 17.8 Å². The lowest BCUT2D eigenvalue weighted by Crippen LogP contribution is -2.30. The Kier molecular flexibility index (Phi) is 5.00. The molecule has 0 atom stereocenters. The molecule has 5 heteroatoms. The Hall–Kier alpha value is -3.83. The van der Waals surface area contributed by atoms with Crippen LogP contribution in [-0.4, -0.2) is 23.9 Å². The number of aliphatic imine (C=N–C) groups is 1. The molecule has 0 radical (unpaired) electrons. The van der Waals surface area contributed by atoms with Crippen molar-refractivity contribution in [3.8, 4) is 5.75 Å². The molecule has 4 nitrogen and oxygen atoms in total. The quantitative estimate of drug-likeness (QED) is 0.211. The molecule has 0 saturated carbocycles. The Morgan fingerprint density at radius 2 is 1.56 bits per heavy atom. The van der Waals surface area contributed by atoms with Crippen LogP contribution in [0.2, 0.25) is 0 Å². The second-order valence-electron chi connectivity index (χ2n) is 8.21. The standard InChI is InChI=1S/C29H22N2O2S/c1-3-34-29-30-25(28(32)31(29)22-12-14-23(33-2)15-13-22)17-21-10-9-20-8-7-18-5-4-6-19-11-16-24(21)27(20)26(18)19/h4-17H,3H2,1-2H3/b25-17-. The van der Waals surface area contributed by atoms with Crippen LogP contribution in [0.3, 0.4) is 0 Å². The minimum absolute atomic E-state index is 0.119. The summed E-state index contributed by atoms with van der Waals surface area (Å²) in [4.78, 5) is 20.0. The average molecular weight is 463 g/mol. The number of benzene rings is 5. The van der Waals surface area contributed by atoms with Crippen molar-refractivity contribution in [3.63, 3.8) is 0 Å². The van der Waals surface area contributed by atoms with Crippen LogP contribution in [0, 0.1) is 0 Å². The zero-order valence-corrected chi connectivity index (χ0v) is 19.7. The van der Waals surface area contributed by atoms with E-state index in [1.807, 2.05) is 30.3 Å². The van der Waals surface area contributed by atoms with Gasteiger partial charge in [0.05, 0.1) is 12.8 Å². The van der Waals surface area contributed by atoms with Gasteiger partial charge in [-0.15, -0.1) is 0 Å². The van der Waals surface area contributed by atoms with E-state index in [4.69, 9.17) is 9.73 Å². The van der Waals surface area contributed by atoms with Gasteiger partial charge in [0.1, 0.15) is 11.4 Å². The van der Waals surface area contributed by atoms with E-state index in [1.54, 1.807) is 23.8 Å². The summed E-state index contributed by atoms with van der Waals surface area (Å²) in [6.07, 6.45) is 1.92. The highest BCUT2D eigenvalue weighted by Gasteiger charge is 2.31. The first-order valence-corrected chi connectivity index (χ1v) is 12.2. The number of carbonyl (C=O) groups excluding carboxylic acids is 1. The summed E-state index contributed by atoms with van der Waals surface area (Å²) in [6.45, 7) is 2.06. The van der Waals surface area contributed by atoms with Crippen LogP contribution in [0.5, 0.6) is 5.75 Å². The number of carbonyl (C=O) groups is 1. The SMILES string of the molecule is CCSC1=N/C(=C\c2ccc3ccc4cccc5ccc2c3c45)C(=O)N1c1ccc(OC)cc1. The Morgan fingerprint density at radius 1 is 0.882 bits per heavy atom. The topological polar surface area (TPSA) is 41.9 Å². The minimum Gasteiger partial charge on any atom is -0.497 e. The lowest BCUT2D eigenvalue weighted by atomic mass is 9.92. The van der Waals surface area contributed by atoms with Crippen LogP contribution >= 0.6 is 11.8 Å². The largest absolute Gasteiger partial charge is 0.497 e. The van der Waals surface area contributed by atoms with Crippen LogP contribution < -0.4 is 9.64 Å². The minimum atomic E-state index is -0.119. The van der Waals surface area contributed by atoms with E-state index in [1.165, 1.54) is 26.9 Å². The molecule has 5 aromatic rings. The molecule has 1 heterocycles. The van der Waals surface area contributed by atoms with Crippen LogP contribution in [0.15, 0.2) is 89.6 Å². The fourth-order valence-corrected chi connectivity index (χ4v) is 5.45. The van der Waals surface area contributed by atoms with Crippen molar-refractivity contribution in [2.24, 2.45) is 4.99 Å². The van der Waals surface area contributed by atoms with Gasteiger partial charge in [0.25, 0.3) is 5.91 Å². The first-order valence-electron chi connectivity index (χ1n) is 11.3. The molecule has 0 bridgehead atoms. The van der Waals surface area contributed by atoms with E-state index >= 15 is 0 Å². The third kappa shape index (κ3) is 3.24. The lowest BCUT2D eigenvalue weighted by Gasteiger charge is -2.17. The fourth-order valence-electron chi connectivity index (χ4n) is 4.71. The van der Waals surface area contributed by atoms with Gasteiger partial charge >= 0.3 is 0 Å². The second-order valence-corrected chi connectivity index (χ2v) is 9.44. The third-order valence-corrected chi connectivity index (χ3v) is 7.11. The summed E-state index contributed by atoms with van der Waals surface area (Å²) in [5.41, 5.74) is 2.22. The van der Waals surface area contributed by atoms with Crippen molar-refractivity contribution in [2.45, 2.75) is 6.92 Å². The number of amides is 1. The van der Waals surface area contributed by atoms with E-state index in [0.717, 1.165) is 28.1 Å². The molecular weight excluding hydrogens is 440 g/mol. The van der Waals surface area contributed by atoms with Crippen LogP contribution in [0.1, 0.15) is 12.5 Å². The zero-order valence-electron chi connectivity index (χ0n) is 18.9. The van der Waals surface area contributed by atoms with Crippen LogP contribution in [0.25, 0.3) is 38.4 Å². The lowest BCUT2D eigenvalue weighted by molar-refractivity contribution is -0.113. The fraction of sp³-hybridized carbons (Fsp3) is 0.103. The number of hydrogen-bond acceptors (Lipinski definition) is 4. The number of nitrogens with zero attached hydrogens (tertiary/aromatic N) is 2. The highest BCUT2D eigenvalue weighted by Crippen LogP contribution is 2.37. The summed E-state index contributed by atoms with van der Waals surface area (Å²) < 4.78 is 5.27. The smallest absolute Gasteiger partial charge is 0.283 e. The van der Waals surface area contributed by atoms with Crippen molar-refractivity contribution >= 4 is 66.9 Å². The van der Waals surface area contributed by atoms with Gasteiger partial charge in [0.2, 0.25) is 0 Å². The van der Waals surface area contributed by atoms with Crippen molar-refractivity contribution in [1.82, 2.24) is 0 Å². The van der Waals surface area contributed by atoms with Gasteiger partial charge in [-0.1, -0.05) is 73.3 Å². The highest BCUT2D eigenvalue weighted by molar-refractivity contribution is 8.14. The number of rotatable bonds is 4. The van der Waals surface area contributed by atoms with E-state index in [2.05, 4.69) is 61.5 Å². The molecule has 1 aliphatic rings. The van der Waals surface area contributed by atoms with Gasteiger partial charge in [0, 0.05) is 0 Å². The molecule has 6 rings (SSSR count). The van der Waals surface area contributed by atoms with Gasteiger partial charge < -0.3 is 4.74 Å². The summed E-state index contributed by atoms with van der Waals surface area (Å²) in [7, 11) is 1.63. The molecule has 0 aromatic heterocycles. The monoisotopic (exact) mass is 462 g/mol. The molecule has 0 spiro atoms. The molecular formula is C29H22N2O2S. The number of hydrogen-bond donors (Lipinski definition) is 0. The van der Waals surface area contributed by atoms with Crippen molar-refractivity contribution in [1.29, 1.82) is 0 Å². The Labute approximate surface area is 201 Å². The second kappa shape index (κ2) is 8.19. The summed E-state index contributed by atoms with van der Waals surface area (Å²) in [6, 6.07) is 26.8. The van der Waals surface area contributed by atoms with Crippen LogP contribution in [-0.2, 0) is 4.79 Å². The number of thioether (sulfide) groups is 1. The van der Waals surface area contributed by atoms with Crippen LogP contribution in [0.4, 0.5) is 5.69 Å². The predicted molar refractivity (Wildman–Crippen MR) is 144 cm³/mol. The molecule has 0 unspecified atom stereocenters. The summed E-state index contributed by atoms with van der Waals surface area (Å²) in [5.74, 6) is 1.46. The first kappa shape index (κ1) is 20.8. The number of anilines is 1. The molecule has 0 aliphatic carbocycles. The predicted octanol–water partition coefficient (Wildman–Crippen LogP) is 7.09. The van der Waals surface area contributed by atoms with Crippen molar-refractivity contribution < 1.29 is 9.53 Å². The van der Waals surface area contributed by atoms with E-state index < -0.39 is 0 Å². The van der Waals surface area contributed by atoms with E-state index in [0.29, 0.717) is 10.9 Å². The first-order chi connectivity index (χ1) is 16.7. The number of methoxy groups -OCH3 is 1. The van der Waals surface area contributed by atoms with Gasteiger partial charge in [-0.2, -0.15) is 0 Å².